The average Bonchev–Trinajstić information content (AvgIpc) is 2.65. The molecule has 0 atom stereocenters. The topological polar surface area (TPSA) is 98.8 Å². The summed E-state index contributed by atoms with van der Waals surface area (Å²) >= 11 is 0. The Morgan fingerprint density at radius 2 is 1.76 bits per heavy atom. The van der Waals surface area contributed by atoms with Gasteiger partial charge in [0, 0.05) is 26.3 Å². The minimum Gasteiger partial charge on any atom is -0.466 e. The Kier molecular flexibility index (Phi) is 11.9. The molecular weight excluding hydrogens is 394 g/mol. The van der Waals surface area contributed by atoms with Gasteiger partial charge in [0.05, 0.1) is 12.4 Å². The van der Waals surface area contributed by atoms with Gasteiger partial charge in [0.15, 0.2) is 5.60 Å². The smallest absolute Gasteiger partial charge is 0.305 e. The zero-order valence-electron chi connectivity index (χ0n) is 17.8. The molecule has 166 valence electrons. The van der Waals surface area contributed by atoms with E-state index in [9.17, 15) is 18.0 Å². The molecule has 8 heteroatoms. The van der Waals surface area contributed by atoms with Gasteiger partial charge in [0.25, 0.3) is 0 Å². The fraction of sp³-hybridized carbons (Fsp3) is 0.810. The lowest BCUT2D eigenvalue weighted by molar-refractivity contribution is -0.153. The van der Waals surface area contributed by atoms with Gasteiger partial charge in [-0.2, -0.15) is 0 Å². The maximum absolute atomic E-state index is 12.1. The van der Waals surface area contributed by atoms with Crippen LogP contribution >= 0.6 is 0 Å². The van der Waals surface area contributed by atoms with Crippen molar-refractivity contribution in [2.24, 2.45) is 0 Å². The summed E-state index contributed by atoms with van der Waals surface area (Å²) in [5.74, 6) is 5.33. The molecule has 29 heavy (non-hydrogen) atoms. The number of carbonyl (C=O) groups excluding carboxylic acids is 2. The van der Waals surface area contributed by atoms with Crippen molar-refractivity contribution in [3.8, 4) is 11.8 Å². The standard InChI is InChI=1S/C21H35NO6S/c1-3-27-20(24)13-7-4-5-11-17-22-29(25,26)18-12-10-16-21(28-19(2)23)14-8-6-9-15-21/h22H,3-9,11-15,17-18H2,1-2H3. The number of esters is 2. The summed E-state index contributed by atoms with van der Waals surface area (Å²) in [4.78, 5) is 22.6. The van der Waals surface area contributed by atoms with Gasteiger partial charge in [-0.1, -0.05) is 31.1 Å². The summed E-state index contributed by atoms with van der Waals surface area (Å²) in [5, 5.41) is 0. The summed E-state index contributed by atoms with van der Waals surface area (Å²) in [6, 6.07) is 0. The Bertz CT molecular complexity index is 671. The van der Waals surface area contributed by atoms with Crippen molar-refractivity contribution in [1.29, 1.82) is 0 Å². The van der Waals surface area contributed by atoms with E-state index in [4.69, 9.17) is 9.47 Å². The normalized spacial score (nSPS) is 15.8. The fourth-order valence-electron chi connectivity index (χ4n) is 3.34. The lowest BCUT2D eigenvalue weighted by Gasteiger charge is -2.31. The SMILES string of the molecule is CCOC(=O)CCCCCCNS(=O)(=O)CCC#CC1(OC(C)=O)CCCCC1. The van der Waals surface area contributed by atoms with Crippen LogP contribution in [-0.2, 0) is 29.1 Å². The first-order valence-corrected chi connectivity index (χ1v) is 12.3. The van der Waals surface area contributed by atoms with E-state index in [2.05, 4.69) is 16.6 Å². The van der Waals surface area contributed by atoms with E-state index < -0.39 is 15.6 Å². The van der Waals surface area contributed by atoms with Crippen LogP contribution in [0, 0.1) is 11.8 Å². The number of hydrogen-bond acceptors (Lipinski definition) is 6. The molecular formula is C21H35NO6S. The number of carbonyl (C=O) groups is 2. The monoisotopic (exact) mass is 429 g/mol. The van der Waals surface area contributed by atoms with Gasteiger partial charge in [-0.05, 0) is 45.4 Å². The Morgan fingerprint density at radius 1 is 1.07 bits per heavy atom. The molecule has 1 saturated carbocycles. The van der Waals surface area contributed by atoms with E-state index in [-0.39, 0.29) is 24.1 Å². The third-order valence-electron chi connectivity index (χ3n) is 4.75. The summed E-state index contributed by atoms with van der Waals surface area (Å²) in [5.41, 5.74) is -0.745. The van der Waals surface area contributed by atoms with Gasteiger partial charge in [-0.3, -0.25) is 9.59 Å². The third kappa shape index (κ3) is 11.9. The quantitative estimate of drug-likeness (QED) is 0.291. The first-order chi connectivity index (χ1) is 13.8. The molecule has 1 N–H and O–H groups in total. The maximum Gasteiger partial charge on any atom is 0.305 e. The average molecular weight is 430 g/mol. The number of ether oxygens (including phenoxy) is 2. The van der Waals surface area contributed by atoms with Gasteiger partial charge in [-0.25, -0.2) is 13.1 Å². The number of nitrogens with one attached hydrogen (secondary N) is 1. The molecule has 0 amide bonds. The molecule has 0 unspecified atom stereocenters. The van der Waals surface area contributed by atoms with Crippen molar-refractivity contribution in [2.75, 3.05) is 18.9 Å². The largest absolute Gasteiger partial charge is 0.466 e. The summed E-state index contributed by atoms with van der Waals surface area (Å²) in [7, 11) is -3.38. The van der Waals surface area contributed by atoms with Crippen molar-refractivity contribution in [2.45, 2.75) is 90.1 Å². The van der Waals surface area contributed by atoms with Crippen LogP contribution in [0.1, 0.15) is 84.5 Å². The van der Waals surface area contributed by atoms with Crippen LogP contribution in [-0.4, -0.2) is 44.9 Å². The van der Waals surface area contributed by atoms with Crippen LogP contribution in [0.2, 0.25) is 0 Å². The molecule has 0 aromatic heterocycles. The Morgan fingerprint density at radius 3 is 2.41 bits per heavy atom. The third-order valence-corrected chi connectivity index (χ3v) is 6.13. The second kappa shape index (κ2) is 13.6. The number of sulfonamides is 1. The van der Waals surface area contributed by atoms with Crippen LogP contribution in [0.4, 0.5) is 0 Å². The molecule has 0 spiro atoms. The second-order valence-corrected chi connectivity index (χ2v) is 9.31. The summed E-state index contributed by atoms with van der Waals surface area (Å²) in [6.45, 7) is 3.94. The molecule has 1 aliphatic rings. The van der Waals surface area contributed by atoms with Crippen molar-refractivity contribution in [3.63, 3.8) is 0 Å². The molecule has 0 saturated heterocycles. The van der Waals surface area contributed by atoms with Gasteiger partial charge in [0.2, 0.25) is 10.0 Å². The molecule has 1 aliphatic carbocycles. The number of hydrogen-bond donors (Lipinski definition) is 1. The Labute approximate surface area is 175 Å². The molecule has 0 aliphatic heterocycles. The highest BCUT2D eigenvalue weighted by Crippen LogP contribution is 2.31. The zero-order chi connectivity index (χ0) is 21.6. The molecule has 0 heterocycles. The van der Waals surface area contributed by atoms with E-state index in [1.165, 1.54) is 6.92 Å². The first kappa shape index (κ1) is 25.4. The van der Waals surface area contributed by atoms with E-state index in [1.807, 2.05) is 0 Å². The number of unbranched alkanes of at least 4 members (excludes halogenated alkanes) is 3. The van der Waals surface area contributed by atoms with Crippen LogP contribution in [0.3, 0.4) is 0 Å². The van der Waals surface area contributed by atoms with Crippen molar-refractivity contribution < 1.29 is 27.5 Å². The predicted molar refractivity (Wildman–Crippen MR) is 111 cm³/mol. The Hall–Kier alpha value is -1.59. The van der Waals surface area contributed by atoms with Gasteiger partial charge in [0.1, 0.15) is 0 Å². The maximum atomic E-state index is 12.1. The Balaban J connectivity index is 2.26. The predicted octanol–water partition coefficient (Wildman–Crippen LogP) is 3.08. The molecule has 1 fully saturated rings. The van der Waals surface area contributed by atoms with Crippen LogP contribution in [0.25, 0.3) is 0 Å². The van der Waals surface area contributed by atoms with Gasteiger partial charge in [-0.15, -0.1) is 0 Å². The highest BCUT2D eigenvalue weighted by molar-refractivity contribution is 7.89. The zero-order valence-corrected chi connectivity index (χ0v) is 18.6. The van der Waals surface area contributed by atoms with Crippen LogP contribution in [0.15, 0.2) is 0 Å². The number of rotatable bonds is 12. The summed E-state index contributed by atoms with van der Waals surface area (Å²) < 4.78 is 37.0. The van der Waals surface area contributed by atoms with Crippen LogP contribution < -0.4 is 4.72 Å². The first-order valence-electron chi connectivity index (χ1n) is 10.6. The minimum atomic E-state index is -3.38. The molecule has 0 aromatic carbocycles. The molecule has 1 rings (SSSR count). The van der Waals surface area contributed by atoms with Crippen LogP contribution in [0.5, 0.6) is 0 Å². The highest BCUT2D eigenvalue weighted by Gasteiger charge is 2.33. The van der Waals surface area contributed by atoms with E-state index in [1.54, 1.807) is 6.92 Å². The lowest BCUT2D eigenvalue weighted by Crippen LogP contribution is -2.35. The van der Waals surface area contributed by atoms with Crippen molar-refractivity contribution in [1.82, 2.24) is 4.72 Å². The molecule has 0 bridgehead atoms. The minimum absolute atomic E-state index is 0.0704. The van der Waals surface area contributed by atoms with E-state index >= 15 is 0 Å². The van der Waals surface area contributed by atoms with Gasteiger partial charge < -0.3 is 9.47 Å². The molecule has 0 aromatic rings. The van der Waals surface area contributed by atoms with E-state index in [0.717, 1.165) is 44.9 Å². The fourth-order valence-corrected chi connectivity index (χ4v) is 4.31. The highest BCUT2D eigenvalue weighted by atomic mass is 32.2. The lowest BCUT2D eigenvalue weighted by atomic mass is 9.85. The second-order valence-electron chi connectivity index (χ2n) is 7.38. The molecule has 0 radical (unpaired) electrons. The molecule has 7 nitrogen and oxygen atoms in total. The van der Waals surface area contributed by atoms with Gasteiger partial charge >= 0.3 is 11.9 Å². The van der Waals surface area contributed by atoms with Crippen molar-refractivity contribution in [3.05, 3.63) is 0 Å². The summed E-state index contributed by atoms with van der Waals surface area (Å²) in [6.07, 6.45) is 8.26. The van der Waals surface area contributed by atoms with Crippen molar-refractivity contribution >= 4 is 22.0 Å². The van der Waals surface area contributed by atoms with E-state index in [0.29, 0.717) is 32.4 Å².